The largest absolute Gasteiger partial charge is 0.477 e. The molecule has 3 rings (SSSR count). The summed E-state index contributed by atoms with van der Waals surface area (Å²) in [6, 6.07) is 10.2. The third-order valence-electron chi connectivity index (χ3n) is 2.48. The molecule has 0 bridgehead atoms. The van der Waals surface area contributed by atoms with Gasteiger partial charge in [-0.05, 0) is 0 Å². The summed E-state index contributed by atoms with van der Waals surface area (Å²) in [4.78, 5) is 27.1. The maximum absolute atomic E-state index is 11.8. The van der Waals surface area contributed by atoms with Crippen molar-refractivity contribution in [1.29, 1.82) is 0 Å². The molecular formula is C12H7N3O3S. The second-order valence-electron chi connectivity index (χ2n) is 3.75. The number of fused-ring (bicyclic) bond motifs is 1. The van der Waals surface area contributed by atoms with Crippen LogP contribution in [0.5, 0.6) is 0 Å². The quantitative estimate of drug-likeness (QED) is 0.765. The average molecular weight is 273 g/mol. The van der Waals surface area contributed by atoms with E-state index in [1.165, 1.54) is 0 Å². The standard InChI is InChI=1S/C12H7N3O3S/c16-9-6-8(11(17)18)19-12-13-10(14-15(9)12)7-4-2-1-3-5-7/h1-6H,(H,17,18). The van der Waals surface area contributed by atoms with Gasteiger partial charge in [-0.15, -0.1) is 5.10 Å². The number of aromatic carboxylic acids is 1. The molecule has 7 heteroatoms. The van der Waals surface area contributed by atoms with Gasteiger partial charge in [0.05, 0.1) is 0 Å². The van der Waals surface area contributed by atoms with Crippen molar-refractivity contribution in [2.24, 2.45) is 0 Å². The molecular weight excluding hydrogens is 266 g/mol. The van der Waals surface area contributed by atoms with Gasteiger partial charge in [0, 0.05) is 11.6 Å². The van der Waals surface area contributed by atoms with Gasteiger partial charge in [-0.3, -0.25) is 4.79 Å². The molecule has 0 amide bonds. The fraction of sp³-hybridized carbons (Fsp3) is 0. The number of nitrogens with zero attached hydrogens (tertiary/aromatic N) is 3. The van der Waals surface area contributed by atoms with Gasteiger partial charge in [0.2, 0.25) is 4.96 Å². The topological polar surface area (TPSA) is 84.6 Å². The summed E-state index contributed by atoms with van der Waals surface area (Å²) >= 11 is 0.914. The monoisotopic (exact) mass is 273 g/mol. The van der Waals surface area contributed by atoms with Crippen LogP contribution in [0.2, 0.25) is 0 Å². The van der Waals surface area contributed by atoms with Crippen LogP contribution in [-0.2, 0) is 0 Å². The molecule has 0 saturated heterocycles. The summed E-state index contributed by atoms with van der Waals surface area (Å²) in [5.41, 5.74) is 0.274. The third kappa shape index (κ3) is 2.00. The first kappa shape index (κ1) is 11.5. The van der Waals surface area contributed by atoms with E-state index in [4.69, 9.17) is 5.11 Å². The number of carbonyl (C=O) groups is 1. The Bertz CT molecular complexity index is 823. The fourth-order valence-electron chi connectivity index (χ4n) is 1.62. The minimum Gasteiger partial charge on any atom is -0.477 e. The zero-order chi connectivity index (χ0) is 13.4. The lowest BCUT2D eigenvalue weighted by Gasteiger charge is -1.91. The third-order valence-corrected chi connectivity index (χ3v) is 3.44. The van der Waals surface area contributed by atoms with Gasteiger partial charge in [-0.25, -0.2) is 4.79 Å². The van der Waals surface area contributed by atoms with Gasteiger partial charge >= 0.3 is 5.97 Å². The molecule has 2 heterocycles. The van der Waals surface area contributed by atoms with E-state index in [1.54, 1.807) is 0 Å². The Hall–Kier alpha value is -2.54. The predicted octanol–water partition coefficient (Wildman–Crippen LogP) is 1.52. The molecule has 0 aliphatic carbocycles. The lowest BCUT2D eigenvalue weighted by atomic mass is 10.2. The second-order valence-corrected chi connectivity index (χ2v) is 4.76. The molecule has 0 radical (unpaired) electrons. The number of rotatable bonds is 2. The van der Waals surface area contributed by atoms with E-state index in [9.17, 15) is 9.59 Å². The molecule has 0 unspecified atom stereocenters. The van der Waals surface area contributed by atoms with Crippen LogP contribution in [0.4, 0.5) is 0 Å². The van der Waals surface area contributed by atoms with Gasteiger partial charge in [0.1, 0.15) is 4.88 Å². The maximum atomic E-state index is 11.8. The average Bonchev–Trinajstić information content (AvgIpc) is 2.84. The van der Waals surface area contributed by atoms with E-state index in [1.807, 2.05) is 30.3 Å². The zero-order valence-corrected chi connectivity index (χ0v) is 10.3. The molecule has 6 nitrogen and oxygen atoms in total. The maximum Gasteiger partial charge on any atom is 0.346 e. The normalized spacial score (nSPS) is 10.7. The molecule has 0 atom stereocenters. The van der Waals surface area contributed by atoms with E-state index in [2.05, 4.69) is 10.1 Å². The van der Waals surface area contributed by atoms with Gasteiger partial charge in [-0.2, -0.15) is 9.50 Å². The molecule has 0 fully saturated rings. The van der Waals surface area contributed by atoms with E-state index >= 15 is 0 Å². The van der Waals surface area contributed by atoms with Crippen molar-refractivity contribution in [2.75, 3.05) is 0 Å². The van der Waals surface area contributed by atoms with Crippen LogP contribution in [0.25, 0.3) is 16.3 Å². The van der Waals surface area contributed by atoms with Crippen molar-refractivity contribution >= 4 is 22.3 Å². The summed E-state index contributed by atoms with van der Waals surface area (Å²) in [7, 11) is 0. The number of carboxylic acid groups (broad SMARTS) is 1. The molecule has 0 aliphatic rings. The number of carboxylic acids is 1. The van der Waals surface area contributed by atoms with Gasteiger partial charge in [0.25, 0.3) is 5.56 Å². The van der Waals surface area contributed by atoms with Gasteiger partial charge < -0.3 is 5.11 Å². The summed E-state index contributed by atoms with van der Waals surface area (Å²) < 4.78 is 1.11. The molecule has 0 saturated carbocycles. The van der Waals surface area contributed by atoms with Crippen LogP contribution >= 0.6 is 11.3 Å². The lowest BCUT2D eigenvalue weighted by Crippen LogP contribution is -2.14. The fourth-order valence-corrected chi connectivity index (χ4v) is 2.42. The smallest absolute Gasteiger partial charge is 0.346 e. The minimum absolute atomic E-state index is 0.0514. The van der Waals surface area contributed by atoms with Gasteiger partial charge in [-0.1, -0.05) is 41.7 Å². The Balaban J connectivity index is 2.24. The van der Waals surface area contributed by atoms with Crippen LogP contribution < -0.4 is 5.56 Å². The SMILES string of the molecule is O=C(O)c1cc(=O)n2nc(-c3ccccc3)nc2s1. The van der Waals surface area contributed by atoms with Crippen LogP contribution in [-0.4, -0.2) is 25.7 Å². The minimum atomic E-state index is -1.14. The Morgan fingerprint density at radius 1 is 1.26 bits per heavy atom. The first-order valence-electron chi connectivity index (χ1n) is 5.35. The highest BCUT2D eigenvalue weighted by Crippen LogP contribution is 2.18. The highest BCUT2D eigenvalue weighted by molar-refractivity contribution is 7.18. The van der Waals surface area contributed by atoms with Crippen molar-refractivity contribution in [3.8, 4) is 11.4 Å². The number of benzene rings is 1. The Kier molecular flexibility index (Phi) is 2.60. The highest BCUT2D eigenvalue weighted by Gasteiger charge is 2.13. The van der Waals surface area contributed by atoms with Crippen LogP contribution in [0.15, 0.2) is 41.2 Å². The summed E-state index contributed by atoms with van der Waals surface area (Å²) in [5, 5.41) is 13.0. The van der Waals surface area contributed by atoms with Crippen molar-refractivity contribution in [2.45, 2.75) is 0 Å². The Morgan fingerprint density at radius 3 is 2.68 bits per heavy atom. The first-order valence-corrected chi connectivity index (χ1v) is 6.16. The molecule has 2 aromatic heterocycles. The van der Waals surface area contributed by atoms with Gasteiger partial charge in [0.15, 0.2) is 5.82 Å². The van der Waals surface area contributed by atoms with Crippen molar-refractivity contribution in [3.05, 3.63) is 51.6 Å². The molecule has 0 aliphatic heterocycles. The number of aromatic nitrogens is 3. The zero-order valence-electron chi connectivity index (χ0n) is 9.48. The van der Waals surface area contributed by atoms with Crippen LogP contribution in [0.1, 0.15) is 9.67 Å². The summed E-state index contributed by atoms with van der Waals surface area (Å²) in [6.07, 6.45) is 0. The van der Waals surface area contributed by atoms with E-state index in [0.29, 0.717) is 5.82 Å². The number of hydrogen-bond donors (Lipinski definition) is 1. The van der Waals surface area contributed by atoms with Crippen LogP contribution in [0.3, 0.4) is 0 Å². The summed E-state index contributed by atoms with van der Waals surface area (Å²) in [5.74, 6) is -0.745. The van der Waals surface area contributed by atoms with Crippen LogP contribution in [0, 0.1) is 0 Å². The van der Waals surface area contributed by atoms with E-state index in [-0.39, 0.29) is 9.84 Å². The first-order chi connectivity index (χ1) is 9.15. The van der Waals surface area contributed by atoms with Crippen molar-refractivity contribution in [1.82, 2.24) is 14.6 Å². The molecule has 1 N–H and O–H groups in total. The molecule has 3 aromatic rings. The predicted molar refractivity (Wildman–Crippen MR) is 69.5 cm³/mol. The van der Waals surface area contributed by atoms with E-state index in [0.717, 1.165) is 27.5 Å². The van der Waals surface area contributed by atoms with Crippen molar-refractivity contribution < 1.29 is 9.90 Å². The molecule has 0 spiro atoms. The molecule has 19 heavy (non-hydrogen) atoms. The summed E-state index contributed by atoms with van der Waals surface area (Å²) in [6.45, 7) is 0. The molecule has 94 valence electrons. The number of hydrogen-bond acceptors (Lipinski definition) is 5. The Morgan fingerprint density at radius 2 is 2.00 bits per heavy atom. The second kappa shape index (κ2) is 4.29. The lowest BCUT2D eigenvalue weighted by molar-refractivity contribution is 0.0702. The highest BCUT2D eigenvalue weighted by atomic mass is 32.1. The Labute approximate surface area is 110 Å². The van der Waals surface area contributed by atoms with E-state index < -0.39 is 11.5 Å². The van der Waals surface area contributed by atoms with Crippen molar-refractivity contribution in [3.63, 3.8) is 0 Å². The molecule has 1 aromatic carbocycles.